The maximum atomic E-state index is 13.3. The first-order chi connectivity index (χ1) is 20.4. The lowest BCUT2D eigenvalue weighted by Crippen LogP contribution is -2.45. The summed E-state index contributed by atoms with van der Waals surface area (Å²) in [5.41, 5.74) is 2.26. The van der Waals surface area contributed by atoms with E-state index in [0.717, 1.165) is 42.7 Å². The van der Waals surface area contributed by atoms with Crippen LogP contribution in [0.25, 0.3) is 11.3 Å². The van der Waals surface area contributed by atoms with Gasteiger partial charge in [0.2, 0.25) is 5.75 Å². The van der Waals surface area contributed by atoms with Crippen molar-refractivity contribution >= 4 is 18.0 Å². The maximum absolute atomic E-state index is 13.3. The van der Waals surface area contributed by atoms with Crippen LogP contribution in [-0.2, 0) is 6.42 Å². The number of aryl methyl sites for hydroxylation is 1. The number of hydrogen-bond acceptors (Lipinski definition) is 7. The Hall–Kier alpha value is -4.21. The number of urea groups is 1. The van der Waals surface area contributed by atoms with Crippen molar-refractivity contribution < 1.29 is 28.2 Å². The lowest BCUT2D eigenvalue weighted by Gasteiger charge is -2.40. The molecule has 2 fully saturated rings. The third-order valence-electron chi connectivity index (χ3n) is 8.51. The van der Waals surface area contributed by atoms with Gasteiger partial charge in [-0.2, -0.15) is 4.98 Å². The predicted octanol–water partition coefficient (Wildman–Crippen LogP) is 5.73. The molecule has 1 N–H and O–H groups in total. The quantitative estimate of drug-likeness (QED) is 0.365. The van der Waals surface area contributed by atoms with Crippen molar-refractivity contribution in [2.45, 2.75) is 39.0 Å². The molecule has 5 rings (SSSR count). The normalized spacial score (nSPS) is 16.3. The monoisotopic (exact) mass is 576 g/mol. The molecule has 0 atom stereocenters. The van der Waals surface area contributed by atoms with Gasteiger partial charge in [-0.25, -0.2) is 4.79 Å². The van der Waals surface area contributed by atoms with Gasteiger partial charge in [-0.15, -0.1) is 0 Å². The second kappa shape index (κ2) is 13.2. The summed E-state index contributed by atoms with van der Waals surface area (Å²) in [6, 6.07) is 13.3. The summed E-state index contributed by atoms with van der Waals surface area (Å²) in [7, 11) is 4.64. The standard InChI is InChI=1S/C32H40N4O6/c1-5-25-28(23-9-7-6-8-10-23)33-31(42-25)34-32(38)36-17-13-22(14-18-36)21-11-15-35(16-12-21)30(37)24-19-26(39-2)29(41-4)27(20-24)40-3/h6-10,19-22H,5,11-18H2,1-4H3,(H,33,34,38). The van der Waals surface area contributed by atoms with E-state index >= 15 is 0 Å². The molecular formula is C32H40N4O6. The van der Waals surface area contributed by atoms with E-state index in [0.29, 0.717) is 67.2 Å². The van der Waals surface area contributed by atoms with Crippen LogP contribution in [0.5, 0.6) is 17.2 Å². The number of carbonyl (C=O) groups excluding carboxylic acids is 2. The van der Waals surface area contributed by atoms with Crippen molar-refractivity contribution in [3.8, 4) is 28.5 Å². The molecule has 0 aliphatic carbocycles. The van der Waals surface area contributed by atoms with Crippen LogP contribution in [-0.4, -0.2) is 74.2 Å². The fraction of sp³-hybridized carbons (Fsp3) is 0.469. The van der Waals surface area contributed by atoms with E-state index in [-0.39, 0.29) is 18.0 Å². The zero-order chi connectivity index (χ0) is 29.6. The summed E-state index contributed by atoms with van der Waals surface area (Å²) in [5, 5.41) is 2.87. The SMILES string of the molecule is CCc1oc(NC(=O)N2CCC(C3CCN(C(=O)c4cc(OC)c(OC)c(OC)c4)CC3)CC2)nc1-c1ccccc1. The molecule has 10 nitrogen and oxygen atoms in total. The van der Waals surface area contributed by atoms with Crippen LogP contribution < -0.4 is 19.5 Å². The highest BCUT2D eigenvalue weighted by molar-refractivity contribution is 5.95. The van der Waals surface area contributed by atoms with Gasteiger partial charge in [-0.3, -0.25) is 10.1 Å². The minimum absolute atomic E-state index is 0.0348. The van der Waals surface area contributed by atoms with Crippen molar-refractivity contribution in [2.24, 2.45) is 11.8 Å². The van der Waals surface area contributed by atoms with E-state index in [2.05, 4.69) is 10.3 Å². The number of rotatable bonds is 8. The third kappa shape index (κ3) is 6.17. The van der Waals surface area contributed by atoms with Crippen LogP contribution in [0.15, 0.2) is 46.9 Å². The molecule has 0 saturated carbocycles. The molecule has 2 aliphatic rings. The number of oxazole rings is 1. The van der Waals surface area contributed by atoms with Crippen LogP contribution in [0.3, 0.4) is 0 Å². The van der Waals surface area contributed by atoms with Gasteiger partial charge in [-0.1, -0.05) is 37.3 Å². The first-order valence-corrected chi connectivity index (χ1v) is 14.7. The van der Waals surface area contributed by atoms with Crippen LogP contribution in [0.4, 0.5) is 10.8 Å². The number of nitrogens with zero attached hydrogens (tertiary/aromatic N) is 3. The molecule has 0 spiro atoms. The molecule has 3 heterocycles. The number of hydrogen-bond donors (Lipinski definition) is 1. The van der Waals surface area contributed by atoms with Gasteiger partial charge in [0.05, 0.1) is 21.3 Å². The number of benzene rings is 2. The zero-order valence-corrected chi connectivity index (χ0v) is 24.9. The molecule has 42 heavy (non-hydrogen) atoms. The van der Waals surface area contributed by atoms with Gasteiger partial charge in [0.1, 0.15) is 11.5 Å². The van der Waals surface area contributed by atoms with Crippen molar-refractivity contribution in [3.05, 3.63) is 53.8 Å². The molecule has 0 unspecified atom stereocenters. The maximum Gasteiger partial charge on any atom is 0.325 e. The number of nitrogens with one attached hydrogen (secondary N) is 1. The zero-order valence-electron chi connectivity index (χ0n) is 24.9. The predicted molar refractivity (Wildman–Crippen MR) is 159 cm³/mol. The van der Waals surface area contributed by atoms with E-state index in [1.807, 2.05) is 47.1 Å². The van der Waals surface area contributed by atoms with Gasteiger partial charge >= 0.3 is 12.0 Å². The van der Waals surface area contributed by atoms with Gasteiger partial charge in [-0.05, 0) is 49.7 Å². The number of methoxy groups -OCH3 is 3. The lowest BCUT2D eigenvalue weighted by atomic mass is 9.79. The van der Waals surface area contributed by atoms with Crippen LogP contribution in [0, 0.1) is 11.8 Å². The van der Waals surface area contributed by atoms with Gasteiger partial charge in [0.15, 0.2) is 11.5 Å². The molecule has 0 bridgehead atoms. The molecule has 3 amide bonds. The molecular weight excluding hydrogens is 536 g/mol. The van der Waals surface area contributed by atoms with E-state index < -0.39 is 0 Å². The van der Waals surface area contributed by atoms with Gasteiger partial charge in [0.25, 0.3) is 5.91 Å². The number of ether oxygens (including phenoxy) is 3. The summed E-state index contributed by atoms with van der Waals surface area (Å²) in [5.74, 6) is 3.19. The molecule has 0 radical (unpaired) electrons. The molecule has 10 heteroatoms. The molecule has 2 aliphatic heterocycles. The minimum atomic E-state index is -0.178. The number of anilines is 1. The highest BCUT2D eigenvalue weighted by Crippen LogP contribution is 2.39. The number of likely N-dealkylation sites (tertiary alicyclic amines) is 2. The van der Waals surface area contributed by atoms with Crippen molar-refractivity contribution in [2.75, 3.05) is 52.8 Å². The van der Waals surface area contributed by atoms with Crippen molar-refractivity contribution in [3.63, 3.8) is 0 Å². The Morgan fingerprint density at radius 1 is 0.881 bits per heavy atom. The summed E-state index contributed by atoms with van der Waals surface area (Å²) in [6.45, 7) is 4.79. The Kier molecular flexibility index (Phi) is 9.19. The van der Waals surface area contributed by atoms with E-state index in [9.17, 15) is 9.59 Å². The summed E-state index contributed by atoms with van der Waals surface area (Å²) >= 11 is 0. The number of piperidine rings is 2. The largest absolute Gasteiger partial charge is 0.493 e. The van der Waals surface area contributed by atoms with E-state index in [1.165, 1.54) is 0 Å². The van der Waals surface area contributed by atoms with Crippen molar-refractivity contribution in [1.82, 2.24) is 14.8 Å². The van der Waals surface area contributed by atoms with Crippen LogP contribution in [0.1, 0.15) is 48.7 Å². The molecule has 2 saturated heterocycles. The number of carbonyl (C=O) groups is 2. The van der Waals surface area contributed by atoms with E-state index in [1.54, 1.807) is 33.5 Å². The lowest BCUT2D eigenvalue weighted by molar-refractivity contribution is 0.0618. The Bertz CT molecular complexity index is 1350. The molecule has 3 aromatic rings. The topological polar surface area (TPSA) is 106 Å². The molecule has 224 valence electrons. The average molecular weight is 577 g/mol. The fourth-order valence-corrected chi connectivity index (χ4v) is 6.17. The fourth-order valence-electron chi connectivity index (χ4n) is 6.17. The summed E-state index contributed by atoms with van der Waals surface area (Å²) < 4.78 is 22.1. The van der Waals surface area contributed by atoms with Gasteiger partial charge in [0, 0.05) is 43.7 Å². The Labute approximate surface area is 246 Å². The Balaban J connectivity index is 1.12. The van der Waals surface area contributed by atoms with Gasteiger partial charge < -0.3 is 28.4 Å². The smallest absolute Gasteiger partial charge is 0.325 e. The number of aromatic nitrogens is 1. The second-order valence-corrected chi connectivity index (χ2v) is 10.8. The number of amides is 3. The first kappa shape index (κ1) is 29.3. The minimum Gasteiger partial charge on any atom is -0.493 e. The summed E-state index contributed by atoms with van der Waals surface area (Å²) in [4.78, 5) is 34.7. The highest BCUT2D eigenvalue weighted by Gasteiger charge is 2.33. The Morgan fingerprint density at radius 3 is 1.98 bits per heavy atom. The van der Waals surface area contributed by atoms with Crippen LogP contribution >= 0.6 is 0 Å². The average Bonchev–Trinajstić information content (AvgIpc) is 3.46. The third-order valence-corrected chi connectivity index (χ3v) is 8.51. The van der Waals surface area contributed by atoms with E-state index in [4.69, 9.17) is 18.6 Å². The van der Waals surface area contributed by atoms with Crippen molar-refractivity contribution in [1.29, 1.82) is 0 Å². The van der Waals surface area contributed by atoms with Crippen LogP contribution in [0.2, 0.25) is 0 Å². The highest BCUT2D eigenvalue weighted by atomic mass is 16.5. The summed E-state index contributed by atoms with van der Waals surface area (Å²) in [6.07, 6.45) is 4.47. The first-order valence-electron chi connectivity index (χ1n) is 14.7. The Morgan fingerprint density at radius 2 is 1.45 bits per heavy atom. The second-order valence-electron chi connectivity index (χ2n) is 10.8. The molecule has 1 aromatic heterocycles. The molecule has 2 aromatic carbocycles.